The number of fused-ring (bicyclic) bond motifs is 1. The van der Waals surface area contributed by atoms with E-state index in [2.05, 4.69) is 55.9 Å². The molecule has 0 aromatic carbocycles. The van der Waals surface area contributed by atoms with Gasteiger partial charge in [0.05, 0.1) is 18.3 Å². The predicted molar refractivity (Wildman–Crippen MR) is 240 cm³/mol. The van der Waals surface area contributed by atoms with Gasteiger partial charge in [-0.05, 0) is 138 Å². The zero-order chi connectivity index (χ0) is 42.4. The molecular formula is C45H90N10O3. The van der Waals surface area contributed by atoms with Gasteiger partial charge in [0.25, 0.3) is 0 Å². The van der Waals surface area contributed by atoms with Crippen molar-refractivity contribution in [3.8, 4) is 0 Å². The van der Waals surface area contributed by atoms with Gasteiger partial charge in [-0.1, -0.05) is 66.7 Å². The smallest absolute Gasteiger partial charge is 0.185 e. The van der Waals surface area contributed by atoms with Gasteiger partial charge in [-0.2, -0.15) is 0 Å². The summed E-state index contributed by atoms with van der Waals surface area (Å²) in [6.45, 7) is 18.5. The molecule has 1 unspecified atom stereocenters. The molecule has 0 spiro atoms. The van der Waals surface area contributed by atoms with Crippen molar-refractivity contribution < 1.29 is 14.2 Å². The lowest BCUT2D eigenvalue weighted by molar-refractivity contribution is -0.192. The van der Waals surface area contributed by atoms with Crippen LogP contribution in [0.3, 0.4) is 0 Å². The van der Waals surface area contributed by atoms with Crippen LogP contribution in [0.4, 0.5) is 0 Å². The van der Waals surface area contributed by atoms with E-state index in [1.54, 1.807) is 0 Å². The number of ether oxygens (including phenoxy) is 3. The van der Waals surface area contributed by atoms with E-state index in [0.717, 1.165) is 70.9 Å². The number of guanidine groups is 3. The largest absolute Gasteiger partial charge is 0.378 e. The Balaban J connectivity index is 1.80. The van der Waals surface area contributed by atoms with Crippen LogP contribution in [0.15, 0.2) is 0 Å². The van der Waals surface area contributed by atoms with Crippen molar-refractivity contribution in [2.24, 2.45) is 57.6 Å². The summed E-state index contributed by atoms with van der Waals surface area (Å²) in [5.74, 6) is 2.65. The van der Waals surface area contributed by atoms with E-state index in [1.807, 2.05) is 0 Å². The van der Waals surface area contributed by atoms with Crippen LogP contribution < -0.4 is 38.5 Å². The molecular weight excluding hydrogens is 729 g/mol. The van der Waals surface area contributed by atoms with Crippen LogP contribution in [0.2, 0.25) is 0 Å². The Labute approximate surface area is 353 Å². The van der Waals surface area contributed by atoms with E-state index in [9.17, 15) is 0 Å². The Morgan fingerprint density at radius 1 is 0.672 bits per heavy atom. The lowest BCUT2D eigenvalue weighted by Gasteiger charge is -2.60. The van der Waals surface area contributed by atoms with Crippen LogP contribution in [0.25, 0.3) is 0 Å². The lowest BCUT2D eigenvalue weighted by atomic mass is 9.48. The molecule has 0 amide bonds. The van der Waals surface area contributed by atoms with Gasteiger partial charge in [-0.15, -0.1) is 0 Å². The monoisotopic (exact) mass is 819 g/mol. The van der Waals surface area contributed by atoms with Gasteiger partial charge in [0.2, 0.25) is 0 Å². The molecule has 0 saturated heterocycles. The first kappa shape index (κ1) is 50.0. The highest BCUT2D eigenvalue weighted by atomic mass is 16.5. The number of unbranched alkanes of at least 4 members (excludes halogenated alkanes) is 5. The van der Waals surface area contributed by atoms with Crippen LogP contribution in [-0.2, 0) is 14.2 Å². The van der Waals surface area contributed by atoms with Crippen LogP contribution >= 0.6 is 0 Å². The quantitative estimate of drug-likeness (QED) is 0.0208. The van der Waals surface area contributed by atoms with E-state index in [4.69, 9.17) is 47.6 Å². The normalized spacial score (nSPS) is 29.3. The van der Waals surface area contributed by atoms with Crippen molar-refractivity contribution >= 4 is 17.9 Å². The number of hydrogen-bond donors (Lipinski definition) is 10. The molecule has 3 rings (SSSR count). The number of rotatable bonds is 30. The van der Waals surface area contributed by atoms with Crippen LogP contribution in [-0.4, -0.2) is 88.7 Å². The molecule has 0 heterocycles. The summed E-state index contributed by atoms with van der Waals surface area (Å²) >= 11 is 0. The summed E-state index contributed by atoms with van der Waals surface area (Å²) in [4.78, 5) is 0. The number of nitrogens with one attached hydrogen (secondary N) is 7. The van der Waals surface area contributed by atoms with E-state index in [-0.39, 0.29) is 47.0 Å². The molecule has 3 aliphatic rings. The SMILES string of the molecule is CCCCCCCCNCCC[C@@H](C)[C@H]1CC[C@H]2C([C@@H](CC)OCCCNC(=N)N)[C@@H]([C@]3(C)CC[C@H](OCCCNC(=N)N)CC3)C[C@H](OCCCNC(=N)N)[C@]12C. The maximum atomic E-state index is 7.65. The first-order valence-electron chi connectivity index (χ1n) is 23.7. The van der Waals surface area contributed by atoms with Crippen molar-refractivity contribution in [3.63, 3.8) is 0 Å². The fourth-order valence-corrected chi connectivity index (χ4v) is 11.5. The highest BCUT2D eigenvalue weighted by Crippen LogP contribution is 2.66. The second kappa shape index (κ2) is 26.8. The van der Waals surface area contributed by atoms with Gasteiger partial charge in [0.1, 0.15) is 0 Å². The summed E-state index contributed by atoms with van der Waals surface area (Å²) in [6.07, 6.45) is 22.4. The maximum Gasteiger partial charge on any atom is 0.185 e. The molecule has 58 heavy (non-hydrogen) atoms. The van der Waals surface area contributed by atoms with Crippen molar-refractivity contribution in [2.75, 3.05) is 52.5 Å². The van der Waals surface area contributed by atoms with E-state index in [1.165, 1.54) is 64.2 Å². The molecule has 0 radical (unpaired) electrons. The number of nitrogens with two attached hydrogens (primary N) is 3. The third-order valence-corrected chi connectivity index (χ3v) is 14.6. The topological polar surface area (TPSA) is 225 Å². The van der Waals surface area contributed by atoms with Crippen molar-refractivity contribution in [3.05, 3.63) is 0 Å². The highest BCUT2D eigenvalue weighted by Gasteiger charge is 2.63. The Kier molecular flexibility index (Phi) is 23.1. The fraction of sp³-hybridized carbons (Fsp3) is 0.933. The molecule has 3 fully saturated rings. The Morgan fingerprint density at radius 2 is 1.24 bits per heavy atom. The van der Waals surface area contributed by atoms with E-state index in [0.29, 0.717) is 69.0 Å². The summed E-state index contributed by atoms with van der Waals surface area (Å²) in [5.41, 5.74) is 16.9. The van der Waals surface area contributed by atoms with Gasteiger partial charge >= 0.3 is 0 Å². The molecule has 13 N–H and O–H groups in total. The Morgan fingerprint density at radius 3 is 1.84 bits per heavy atom. The second-order valence-electron chi connectivity index (χ2n) is 18.7. The lowest BCUT2D eigenvalue weighted by Crippen LogP contribution is -2.59. The summed E-state index contributed by atoms with van der Waals surface area (Å²) < 4.78 is 20.5. The molecule has 0 aromatic rings. The Bertz CT molecular complexity index is 1170. The molecule has 3 aliphatic carbocycles. The fourth-order valence-electron chi connectivity index (χ4n) is 11.5. The molecule has 3 saturated carbocycles. The summed E-state index contributed by atoms with van der Waals surface area (Å²) in [5, 5.41) is 35.3. The third-order valence-electron chi connectivity index (χ3n) is 14.6. The molecule has 0 aliphatic heterocycles. The molecule has 8 atom stereocenters. The van der Waals surface area contributed by atoms with Crippen molar-refractivity contribution in [1.29, 1.82) is 16.2 Å². The van der Waals surface area contributed by atoms with Crippen LogP contribution in [0.1, 0.15) is 157 Å². The standard InChI is InChI=1S/C45H90N10O3/c1-6-8-9-10-11-12-24-52-25-13-17-33(3)35-18-19-36-40(38(7-2)57-30-15-27-54-42(48)49)37(32-39(45(35,36)5)58-31-16-28-55-43(50)51)44(4)22-20-34(21-23-44)56-29-14-26-53-41(46)47/h33-40,52H,6-32H2,1-5H3,(H4,46,47,53)(H4,48,49,54)(H4,50,51,55)/t33-,34-,35-,36+,37+,38-,39+,40?,44+,45-/m1/s1. The average molecular weight is 819 g/mol. The molecule has 338 valence electrons. The molecule has 0 bridgehead atoms. The molecule has 13 heteroatoms. The second-order valence-corrected chi connectivity index (χ2v) is 18.7. The minimum Gasteiger partial charge on any atom is -0.378 e. The zero-order valence-corrected chi connectivity index (χ0v) is 37.7. The van der Waals surface area contributed by atoms with Gasteiger partial charge in [-0.25, -0.2) is 0 Å². The van der Waals surface area contributed by atoms with Gasteiger partial charge < -0.3 is 52.7 Å². The van der Waals surface area contributed by atoms with Crippen molar-refractivity contribution in [2.45, 2.75) is 175 Å². The maximum absolute atomic E-state index is 7.65. The van der Waals surface area contributed by atoms with Gasteiger partial charge in [-0.3, -0.25) is 16.2 Å². The molecule has 13 nitrogen and oxygen atoms in total. The average Bonchev–Trinajstić information content (AvgIpc) is 3.55. The summed E-state index contributed by atoms with van der Waals surface area (Å²) in [7, 11) is 0. The van der Waals surface area contributed by atoms with Crippen LogP contribution in [0.5, 0.6) is 0 Å². The number of hydrogen-bond acceptors (Lipinski definition) is 7. The van der Waals surface area contributed by atoms with Crippen molar-refractivity contribution in [1.82, 2.24) is 21.3 Å². The minimum atomic E-state index is 0.0121. The minimum absolute atomic E-state index is 0.0121. The molecule has 0 aromatic heterocycles. The highest BCUT2D eigenvalue weighted by molar-refractivity contribution is 5.74. The Hall–Kier alpha value is -2.35. The zero-order valence-electron chi connectivity index (χ0n) is 37.7. The van der Waals surface area contributed by atoms with E-state index >= 15 is 0 Å². The third kappa shape index (κ3) is 15.9. The first-order chi connectivity index (χ1) is 27.9. The van der Waals surface area contributed by atoms with Gasteiger partial charge in [0, 0.05) is 44.9 Å². The van der Waals surface area contributed by atoms with Crippen LogP contribution in [0, 0.1) is 56.6 Å². The predicted octanol–water partition coefficient (Wildman–Crippen LogP) is 6.79. The van der Waals surface area contributed by atoms with E-state index < -0.39 is 0 Å². The summed E-state index contributed by atoms with van der Waals surface area (Å²) in [6, 6.07) is 0. The first-order valence-corrected chi connectivity index (χ1v) is 23.7. The van der Waals surface area contributed by atoms with Gasteiger partial charge in [0.15, 0.2) is 17.9 Å².